The van der Waals surface area contributed by atoms with Crippen LogP contribution in [-0.4, -0.2) is 62.0 Å². The van der Waals surface area contributed by atoms with Gasteiger partial charge in [0.2, 0.25) is 16.0 Å². The van der Waals surface area contributed by atoms with E-state index in [-0.39, 0.29) is 23.4 Å². The Bertz CT molecular complexity index is 1630. The number of fused-ring (bicyclic) bond motifs is 1. The van der Waals surface area contributed by atoms with Crippen LogP contribution in [0.3, 0.4) is 0 Å². The van der Waals surface area contributed by atoms with Crippen molar-refractivity contribution in [2.75, 3.05) is 40.5 Å². The molecule has 13 heteroatoms. The Labute approximate surface area is 257 Å². The van der Waals surface area contributed by atoms with Gasteiger partial charge in [0, 0.05) is 36.1 Å². The first-order chi connectivity index (χ1) is 20.8. The lowest BCUT2D eigenvalue weighted by atomic mass is 9.90. The number of hydrogen-bond donors (Lipinski definition) is 2. The molecule has 1 saturated carbocycles. The van der Waals surface area contributed by atoms with Crippen LogP contribution in [0.25, 0.3) is 0 Å². The topological polar surface area (TPSA) is 111 Å². The number of hydrogen-bond acceptors (Lipinski definition) is 7. The number of aromatic nitrogens is 2. The molecule has 5 rings (SSSR count). The highest BCUT2D eigenvalue weighted by Gasteiger charge is 2.45. The molecule has 236 valence electrons. The average molecular weight is 628 g/mol. The van der Waals surface area contributed by atoms with Crippen LogP contribution in [0.2, 0.25) is 0 Å². The standard InChI is InChI=1S/C31H39F2N7O3S/c1-6-39-28-25(18-34-29(36-28)35-22-11-13-23(14-12-22)38(4)5)31(2,3)40(30(39)41)24-15-16-27(26(33)17-24)37-44(42,43)19-20-7-9-21(32)10-8-20/h7-10,15-18,22-23,37H,6,11-14,19H2,1-5H3,(H,34,35,36). The molecule has 2 aromatic carbocycles. The maximum atomic E-state index is 15.4. The predicted molar refractivity (Wildman–Crippen MR) is 168 cm³/mol. The third-order valence-corrected chi connectivity index (χ3v) is 9.73. The van der Waals surface area contributed by atoms with Crippen LogP contribution in [0, 0.1) is 11.6 Å². The smallest absolute Gasteiger partial charge is 0.330 e. The van der Waals surface area contributed by atoms with Crippen molar-refractivity contribution in [3.8, 4) is 0 Å². The summed E-state index contributed by atoms with van der Waals surface area (Å²) in [6, 6.07) is 9.39. The third-order valence-electron chi connectivity index (χ3n) is 8.49. The summed E-state index contributed by atoms with van der Waals surface area (Å²) >= 11 is 0. The van der Waals surface area contributed by atoms with Crippen molar-refractivity contribution >= 4 is 39.2 Å². The van der Waals surface area contributed by atoms with Gasteiger partial charge in [-0.25, -0.2) is 27.0 Å². The summed E-state index contributed by atoms with van der Waals surface area (Å²) in [5.41, 5.74) is 0.0983. The van der Waals surface area contributed by atoms with E-state index < -0.39 is 32.9 Å². The van der Waals surface area contributed by atoms with Gasteiger partial charge in [0.25, 0.3) is 0 Å². The molecule has 0 unspecified atom stereocenters. The minimum Gasteiger partial charge on any atom is -0.351 e. The molecule has 1 fully saturated rings. The zero-order chi connectivity index (χ0) is 31.8. The highest BCUT2D eigenvalue weighted by molar-refractivity contribution is 7.91. The molecule has 44 heavy (non-hydrogen) atoms. The van der Waals surface area contributed by atoms with Crippen molar-refractivity contribution in [1.82, 2.24) is 14.9 Å². The van der Waals surface area contributed by atoms with E-state index in [1.54, 1.807) is 6.20 Å². The normalized spacial score (nSPS) is 20.0. The molecule has 10 nitrogen and oxygen atoms in total. The number of sulfonamides is 1. The predicted octanol–water partition coefficient (Wildman–Crippen LogP) is 5.68. The van der Waals surface area contributed by atoms with Crippen LogP contribution in [0.4, 0.5) is 36.7 Å². The second kappa shape index (κ2) is 12.3. The molecule has 0 bridgehead atoms. The first-order valence-corrected chi connectivity index (χ1v) is 16.4. The highest BCUT2D eigenvalue weighted by Crippen LogP contribution is 2.43. The van der Waals surface area contributed by atoms with Gasteiger partial charge in [-0.15, -0.1) is 0 Å². The minimum atomic E-state index is -3.99. The summed E-state index contributed by atoms with van der Waals surface area (Å²) in [7, 11) is 0.217. The monoisotopic (exact) mass is 627 g/mol. The van der Waals surface area contributed by atoms with Gasteiger partial charge in [0.1, 0.15) is 17.5 Å². The van der Waals surface area contributed by atoms with E-state index >= 15 is 4.39 Å². The largest absolute Gasteiger partial charge is 0.351 e. The first kappa shape index (κ1) is 31.6. The summed E-state index contributed by atoms with van der Waals surface area (Å²) in [4.78, 5) is 28.5. The first-order valence-electron chi connectivity index (χ1n) is 14.8. The number of nitrogens with zero attached hydrogens (tertiary/aromatic N) is 5. The molecule has 3 aromatic rings. The number of urea groups is 1. The molecular weight excluding hydrogens is 588 g/mol. The van der Waals surface area contributed by atoms with Crippen LogP contribution >= 0.6 is 0 Å². The highest BCUT2D eigenvalue weighted by atomic mass is 32.2. The van der Waals surface area contributed by atoms with E-state index in [1.807, 2.05) is 20.8 Å². The van der Waals surface area contributed by atoms with Crippen molar-refractivity contribution in [3.05, 3.63) is 71.4 Å². The second-order valence-electron chi connectivity index (χ2n) is 12.1. The summed E-state index contributed by atoms with van der Waals surface area (Å²) in [5, 5.41) is 3.46. The Morgan fingerprint density at radius 2 is 1.73 bits per heavy atom. The van der Waals surface area contributed by atoms with Crippen LogP contribution in [0.15, 0.2) is 48.7 Å². The number of nitrogens with one attached hydrogen (secondary N) is 2. The Hall–Kier alpha value is -3.84. The minimum absolute atomic E-state index is 0.248. The van der Waals surface area contributed by atoms with E-state index in [1.165, 1.54) is 34.1 Å². The molecule has 1 aliphatic carbocycles. The Morgan fingerprint density at radius 3 is 2.34 bits per heavy atom. The number of amides is 2. The lowest BCUT2D eigenvalue weighted by molar-refractivity contribution is 0.221. The molecule has 1 aliphatic heterocycles. The molecule has 2 amide bonds. The van der Waals surface area contributed by atoms with Crippen LogP contribution in [-0.2, 0) is 21.3 Å². The number of rotatable bonds is 9. The lowest BCUT2D eigenvalue weighted by Crippen LogP contribution is -2.57. The van der Waals surface area contributed by atoms with Gasteiger partial charge < -0.3 is 10.2 Å². The van der Waals surface area contributed by atoms with E-state index in [4.69, 9.17) is 4.98 Å². The van der Waals surface area contributed by atoms with Gasteiger partial charge in [-0.3, -0.25) is 14.5 Å². The fourth-order valence-electron chi connectivity index (χ4n) is 6.02. The average Bonchev–Trinajstić information content (AvgIpc) is 2.96. The lowest BCUT2D eigenvalue weighted by Gasteiger charge is -2.46. The number of anilines is 4. The fourth-order valence-corrected chi connectivity index (χ4v) is 7.22. The molecule has 0 spiro atoms. The van der Waals surface area contributed by atoms with Crippen molar-refractivity contribution in [2.45, 2.75) is 69.8 Å². The number of carbonyl (C=O) groups excluding carboxylic acids is 1. The van der Waals surface area contributed by atoms with E-state index in [0.717, 1.165) is 43.9 Å². The van der Waals surface area contributed by atoms with Crippen LogP contribution in [0.1, 0.15) is 57.6 Å². The molecule has 2 N–H and O–H groups in total. The van der Waals surface area contributed by atoms with Gasteiger partial charge >= 0.3 is 6.03 Å². The van der Waals surface area contributed by atoms with Gasteiger partial charge in [-0.1, -0.05) is 12.1 Å². The second-order valence-corrected chi connectivity index (χ2v) is 13.8. The summed E-state index contributed by atoms with van der Waals surface area (Å²) in [6.07, 6.45) is 5.89. The van der Waals surface area contributed by atoms with Crippen LogP contribution in [0.5, 0.6) is 0 Å². The molecule has 0 atom stereocenters. The van der Waals surface area contributed by atoms with E-state index in [0.29, 0.717) is 35.5 Å². The fraction of sp³-hybridized carbons (Fsp3) is 0.452. The molecule has 0 radical (unpaired) electrons. The quantitative estimate of drug-likeness (QED) is 0.314. The van der Waals surface area contributed by atoms with Crippen molar-refractivity contribution in [3.63, 3.8) is 0 Å². The summed E-state index contributed by atoms with van der Waals surface area (Å²) in [5.74, 6) is -0.813. The Morgan fingerprint density at radius 1 is 1.05 bits per heavy atom. The SMILES string of the molecule is CCN1C(=O)N(c2ccc(NS(=O)(=O)Cc3ccc(F)cc3)c(F)c2)C(C)(C)c2cnc(NC3CCC(N(C)C)CC3)nc21. The molecule has 1 aromatic heterocycles. The Kier molecular flexibility index (Phi) is 8.81. The van der Waals surface area contributed by atoms with Gasteiger partial charge in [0.15, 0.2) is 0 Å². The van der Waals surface area contributed by atoms with E-state index in [2.05, 4.69) is 34.0 Å². The van der Waals surface area contributed by atoms with Crippen LogP contribution < -0.4 is 19.8 Å². The molecule has 0 saturated heterocycles. The third kappa shape index (κ3) is 6.48. The number of benzene rings is 2. The molecule has 2 heterocycles. The number of halogens is 2. The van der Waals surface area contributed by atoms with Crippen molar-refractivity contribution in [1.29, 1.82) is 0 Å². The van der Waals surface area contributed by atoms with Crippen molar-refractivity contribution < 1.29 is 22.0 Å². The number of carbonyl (C=O) groups is 1. The molecular formula is C31H39F2N7O3S. The van der Waals surface area contributed by atoms with E-state index in [9.17, 15) is 17.6 Å². The maximum absolute atomic E-state index is 15.4. The zero-order valence-electron chi connectivity index (χ0n) is 25.6. The Balaban J connectivity index is 1.36. The molecule has 2 aliphatic rings. The van der Waals surface area contributed by atoms with Crippen molar-refractivity contribution in [2.24, 2.45) is 0 Å². The maximum Gasteiger partial charge on any atom is 0.330 e. The van der Waals surface area contributed by atoms with Gasteiger partial charge in [-0.2, -0.15) is 4.98 Å². The summed E-state index contributed by atoms with van der Waals surface area (Å²) < 4.78 is 56.2. The zero-order valence-corrected chi connectivity index (χ0v) is 26.5. The van der Waals surface area contributed by atoms with Gasteiger partial charge in [0.05, 0.1) is 17.0 Å². The van der Waals surface area contributed by atoms with Gasteiger partial charge in [-0.05, 0) is 96.4 Å². The summed E-state index contributed by atoms with van der Waals surface area (Å²) in [6.45, 7) is 5.85.